The normalized spacial score (nSPS) is 22.5. The molecule has 2 atom stereocenters. The highest BCUT2D eigenvalue weighted by atomic mass is 14.3. The van der Waals surface area contributed by atoms with Crippen molar-refractivity contribution in [3.63, 3.8) is 0 Å². The van der Waals surface area contributed by atoms with Gasteiger partial charge in [-0.25, -0.2) is 0 Å². The Balaban J connectivity index is 2.04. The quantitative estimate of drug-likeness (QED) is 0.703. The second kappa shape index (κ2) is 4.97. The first kappa shape index (κ1) is 11.5. The molecule has 0 bridgehead atoms. The molecule has 2 unspecified atom stereocenters. The van der Waals surface area contributed by atoms with Crippen molar-refractivity contribution in [1.82, 2.24) is 0 Å². The molecule has 0 aromatic heterocycles. The van der Waals surface area contributed by atoms with Crippen molar-refractivity contribution in [3.8, 4) is 0 Å². The van der Waals surface area contributed by atoms with Crippen LogP contribution >= 0.6 is 0 Å². The second-order valence-electron chi connectivity index (χ2n) is 5.38. The first-order chi connectivity index (χ1) is 8.88. The fourth-order valence-corrected chi connectivity index (χ4v) is 3.23. The molecule has 0 heteroatoms. The van der Waals surface area contributed by atoms with Gasteiger partial charge in [0.2, 0.25) is 0 Å². The number of rotatable bonds is 2. The van der Waals surface area contributed by atoms with Gasteiger partial charge < -0.3 is 0 Å². The van der Waals surface area contributed by atoms with Crippen molar-refractivity contribution < 1.29 is 0 Å². The Morgan fingerprint density at radius 3 is 2.44 bits per heavy atom. The molecular formula is C18H20. The predicted molar refractivity (Wildman–Crippen MR) is 76.8 cm³/mol. The fraction of sp³-hybridized carbons (Fsp3) is 0.333. The number of fused-ring (bicyclic) bond motifs is 1. The van der Waals surface area contributed by atoms with Crippen LogP contribution in [0.4, 0.5) is 0 Å². The van der Waals surface area contributed by atoms with Gasteiger partial charge in [-0.05, 0) is 35.4 Å². The van der Waals surface area contributed by atoms with Crippen LogP contribution in [0, 0.1) is 5.92 Å². The van der Waals surface area contributed by atoms with Gasteiger partial charge in [0.1, 0.15) is 0 Å². The minimum absolute atomic E-state index is 0.598. The monoisotopic (exact) mass is 236 g/mol. The summed E-state index contributed by atoms with van der Waals surface area (Å²) in [5.41, 5.74) is 4.58. The van der Waals surface area contributed by atoms with Crippen molar-refractivity contribution in [2.45, 2.75) is 32.1 Å². The lowest BCUT2D eigenvalue weighted by Gasteiger charge is -2.31. The van der Waals surface area contributed by atoms with Crippen LogP contribution < -0.4 is 0 Å². The van der Waals surface area contributed by atoms with E-state index in [9.17, 15) is 0 Å². The third-order valence-corrected chi connectivity index (χ3v) is 4.29. The Morgan fingerprint density at radius 2 is 1.67 bits per heavy atom. The zero-order chi connectivity index (χ0) is 12.4. The molecular weight excluding hydrogens is 216 g/mol. The van der Waals surface area contributed by atoms with Crippen LogP contribution in [-0.4, -0.2) is 0 Å². The molecule has 0 saturated heterocycles. The van der Waals surface area contributed by atoms with Crippen molar-refractivity contribution >= 4 is 0 Å². The van der Waals surface area contributed by atoms with E-state index < -0.39 is 0 Å². The van der Waals surface area contributed by atoms with E-state index in [-0.39, 0.29) is 0 Å². The fourth-order valence-electron chi connectivity index (χ4n) is 3.23. The van der Waals surface area contributed by atoms with E-state index >= 15 is 0 Å². The van der Waals surface area contributed by atoms with Gasteiger partial charge in [0.05, 0.1) is 0 Å². The zero-order valence-electron chi connectivity index (χ0n) is 11.0. The molecule has 0 fully saturated rings. The summed E-state index contributed by atoms with van der Waals surface area (Å²) < 4.78 is 0. The molecule has 1 aliphatic carbocycles. The first-order valence-electron chi connectivity index (χ1n) is 7.01. The van der Waals surface area contributed by atoms with Gasteiger partial charge in [-0.3, -0.25) is 0 Å². The van der Waals surface area contributed by atoms with Crippen molar-refractivity contribution in [2.75, 3.05) is 0 Å². The summed E-state index contributed by atoms with van der Waals surface area (Å²) in [7, 11) is 0. The largest absolute Gasteiger partial charge is 0.0651 e. The van der Waals surface area contributed by atoms with Crippen LogP contribution in [0.25, 0.3) is 0 Å². The summed E-state index contributed by atoms with van der Waals surface area (Å²) in [4.78, 5) is 0. The average molecular weight is 236 g/mol. The Bertz CT molecular complexity index is 513. The Hall–Kier alpha value is -1.56. The molecule has 1 aliphatic rings. The standard InChI is InChI=1S/C18H20/c1-2-14-12-16-10-6-7-11-17(16)18(13-14)15-8-4-3-5-9-15/h3-11,14,18H,2,12-13H2,1H3. The maximum Gasteiger partial charge on any atom is 0.00948 e. The maximum atomic E-state index is 2.32. The summed E-state index contributed by atoms with van der Waals surface area (Å²) in [6, 6.07) is 20.0. The van der Waals surface area contributed by atoms with Gasteiger partial charge in [-0.1, -0.05) is 67.9 Å². The van der Waals surface area contributed by atoms with Crippen LogP contribution in [0.15, 0.2) is 54.6 Å². The summed E-state index contributed by atoms with van der Waals surface area (Å²) >= 11 is 0. The van der Waals surface area contributed by atoms with Crippen molar-refractivity contribution in [1.29, 1.82) is 0 Å². The maximum absolute atomic E-state index is 2.32. The average Bonchev–Trinajstić information content (AvgIpc) is 2.47. The molecule has 0 aliphatic heterocycles. The number of hydrogen-bond acceptors (Lipinski definition) is 0. The van der Waals surface area contributed by atoms with Gasteiger partial charge in [0.15, 0.2) is 0 Å². The number of hydrogen-bond donors (Lipinski definition) is 0. The lowest BCUT2D eigenvalue weighted by atomic mass is 9.73. The molecule has 92 valence electrons. The van der Waals surface area contributed by atoms with Gasteiger partial charge in [0, 0.05) is 5.92 Å². The highest BCUT2D eigenvalue weighted by Gasteiger charge is 2.26. The topological polar surface area (TPSA) is 0 Å². The van der Waals surface area contributed by atoms with E-state index in [0.717, 1.165) is 5.92 Å². The highest BCUT2D eigenvalue weighted by molar-refractivity contribution is 5.40. The van der Waals surface area contributed by atoms with Gasteiger partial charge in [0.25, 0.3) is 0 Å². The molecule has 2 aromatic carbocycles. The second-order valence-corrected chi connectivity index (χ2v) is 5.38. The van der Waals surface area contributed by atoms with E-state index in [4.69, 9.17) is 0 Å². The van der Waals surface area contributed by atoms with Gasteiger partial charge in [-0.15, -0.1) is 0 Å². The molecule has 0 radical (unpaired) electrons. The number of benzene rings is 2. The van der Waals surface area contributed by atoms with Crippen LogP contribution in [0.1, 0.15) is 42.4 Å². The Kier molecular flexibility index (Phi) is 3.19. The van der Waals surface area contributed by atoms with Crippen molar-refractivity contribution in [3.05, 3.63) is 71.3 Å². The molecule has 0 saturated carbocycles. The smallest absolute Gasteiger partial charge is 0.00948 e. The SMILES string of the molecule is CCC1Cc2ccccc2C(c2ccccc2)C1. The highest BCUT2D eigenvalue weighted by Crippen LogP contribution is 2.40. The molecule has 3 rings (SSSR count). The molecule has 0 nitrogen and oxygen atoms in total. The Morgan fingerprint density at radius 1 is 0.944 bits per heavy atom. The Labute approximate surface area is 110 Å². The van der Waals surface area contributed by atoms with Crippen molar-refractivity contribution in [2.24, 2.45) is 5.92 Å². The molecule has 18 heavy (non-hydrogen) atoms. The van der Waals surface area contributed by atoms with E-state index in [2.05, 4.69) is 61.5 Å². The zero-order valence-corrected chi connectivity index (χ0v) is 11.0. The van der Waals surface area contributed by atoms with E-state index in [1.165, 1.54) is 24.8 Å². The lowest BCUT2D eigenvalue weighted by molar-refractivity contribution is 0.416. The summed E-state index contributed by atoms with van der Waals surface area (Å²) in [5, 5.41) is 0. The molecule has 0 amide bonds. The summed E-state index contributed by atoms with van der Waals surface area (Å²) in [6.07, 6.45) is 3.85. The minimum atomic E-state index is 0.598. The van der Waals surface area contributed by atoms with Gasteiger partial charge in [-0.2, -0.15) is 0 Å². The molecule has 0 heterocycles. The molecule has 0 spiro atoms. The minimum Gasteiger partial charge on any atom is -0.0651 e. The van der Waals surface area contributed by atoms with Gasteiger partial charge >= 0.3 is 0 Å². The van der Waals surface area contributed by atoms with E-state index in [0.29, 0.717) is 5.92 Å². The third-order valence-electron chi connectivity index (χ3n) is 4.29. The van der Waals surface area contributed by atoms with Crippen LogP contribution in [0.2, 0.25) is 0 Å². The van der Waals surface area contributed by atoms with Crippen LogP contribution in [0.3, 0.4) is 0 Å². The predicted octanol–water partition coefficient (Wildman–Crippen LogP) is 4.79. The summed E-state index contributed by atoms with van der Waals surface area (Å²) in [5.74, 6) is 1.44. The molecule has 2 aromatic rings. The first-order valence-corrected chi connectivity index (χ1v) is 7.01. The van der Waals surface area contributed by atoms with E-state index in [1.54, 1.807) is 11.1 Å². The summed E-state index contributed by atoms with van der Waals surface area (Å²) in [6.45, 7) is 2.32. The van der Waals surface area contributed by atoms with E-state index in [1.807, 2.05) is 0 Å². The molecule has 0 N–H and O–H groups in total. The third kappa shape index (κ3) is 2.08. The van der Waals surface area contributed by atoms with Crippen LogP contribution in [0.5, 0.6) is 0 Å². The lowest BCUT2D eigenvalue weighted by Crippen LogP contribution is -2.19. The van der Waals surface area contributed by atoms with Crippen LogP contribution in [-0.2, 0) is 6.42 Å².